The van der Waals surface area contributed by atoms with E-state index in [4.69, 9.17) is 0 Å². The first kappa shape index (κ1) is 15.8. The van der Waals surface area contributed by atoms with E-state index in [9.17, 15) is 0 Å². The molecule has 114 valence electrons. The molecule has 0 unspecified atom stereocenters. The molecule has 0 aliphatic rings. The summed E-state index contributed by atoms with van der Waals surface area (Å²) in [6.45, 7) is 0. The van der Waals surface area contributed by atoms with Crippen LogP contribution in [0.4, 0.5) is 0 Å². The van der Waals surface area contributed by atoms with Crippen LogP contribution in [0.1, 0.15) is 0 Å². The normalized spacial score (nSPS) is 10.9. The Morgan fingerprint density at radius 2 is 1.32 bits per heavy atom. The molecule has 0 fully saturated rings. The number of nitrogens with zero attached hydrogens (tertiary/aromatic N) is 3. The summed E-state index contributed by atoms with van der Waals surface area (Å²) in [6.07, 6.45) is 5.51. The van der Waals surface area contributed by atoms with E-state index in [2.05, 4.69) is 57.4 Å². The zero-order valence-corrected chi connectivity index (χ0v) is 12.8. The van der Waals surface area contributed by atoms with Gasteiger partial charge in [-0.1, -0.05) is 36.4 Å². The van der Waals surface area contributed by atoms with Crippen molar-refractivity contribution in [1.29, 1.82) is 0 Å². The van der Waals surface area contributed by atoms with Crippen molar-refractivity contribution in [2.24, 2.45) is 0 Å². The molecule has 4 heteroatoms. The molecule has 5 aromatic rings. The molecule has 0 atom stereocenters. The fraction of sp³-hybridized carbons (Fsp3) is 0. The van der Waals surface area contributed by atoms with Gasteiger partial charge in [-0.2, -0.15) is 0 Å². The van der Waals surface area contributed by atoms with Crippen molar-refractivity contribution >= 4 is 51.6 Å². The summed E-state index contributed by atoms with van der Waals surface area (Å²) in [6, 6.07) is 20.7. The Balaban J connectivity index is 0.00000157. The molecule has 0 amide bonds. The van der Waals surface area contributed by atoms with Crippen LogP contribution in [0.15, 0.2) is 79.3 Å². The summed E-state index contributed by atoms with van der Waals surface area (Å²) >= 11 is 0. The minimum Gasteiger partial charge on any atom is -0.256 e. The zero-order chi connectivity index (χ0) is 15.9. The first-order valence-electron chi connectivity index (χ1n) is 7.88. The van der Waals surface area contributed by atoms with Gasteiger partial charge in [0.05, 0.1) is 16.6 Å². The van der Waals surface area contributed by atoms with E-state index in [0.717, 1.165) is 38.3 Å². The van der Waals surface area contributed by atoms with E-state index in [-0.39, 0.29) is 18.9 Å². The van der Waals surface area contributed by atoms with E-state index in [0.29, 0.717) is 0 Å². The second-order valence-electron chi connectivity index (χ2n) is 5.77. The minimum atomic E-state index is 0. The van der Waals surface area contributed by atoms with E-state index >= 15 is 0 Å². The summed E-state index contributed by atoms with van der Waals surface area (Å²) in [7, 11) is 0. The fourth-order valence-corrected chi connectivity index (χ4v) is 3.33. The molecular formula is C21H14LiN3. The van der Waals surface area contributed by atoms with Gasteiger partial charge in [0.15, 0.2) is 0 Å². The Kier molecular flexibility index (Phi) is 3.97. The van der Waals surface area contributed by atoms with Gasteiger partial charge >= 0.3 is 18.9 Å². The number of pyridine rings is 3. The zero-order valence-electron chi connectivity index (χ0n) is 12.8. The van der Waals surface area contributed by atoms with Gasteiger partial charge in [-0.15, -0.1) is 0 Å². The van der Waals surface area contributed by atoms with Gasteiger partial charge in [0.25, 0.3) is 0 Å². The number of rotatable bonds is 1. The van der Waals surface area contributed by atoms with Gasteiger partial charge < -0.3 is 0 Å². The fourth-order valence-electron chi connectivity index (χ4n) is 3.33. The molecule has 3 aromatic heterocycles. The number of hydrogen-bond acceptors (Lipinski definition) is 3. The second-order valence-corrected chi connectivity index (χ2v) is 5.77. The summed E-state index contributed by atoms with van der Waals surface area (Å²) in [4.78, 5) is 13.6. The van der Waals surface area contributed by atoms with Crippen LogP contribution in [-0.4, -0.2) is 33.8 Å². The topological polar surface area (TPSA) is 38.7 Å². The van der Waals surface area contributed by atoms with E-state index in [1.165, 1.54) is 5.56 Å². The largest absolute Gasteiger partial charge is 0.256 e. The summed E-state index contributed by atoms with van der Waals surface area (Å²) in [5.41, 5.74) is 5.20. The second kappa shape index (κ2) is 6.29. The van der Waals surface area contributed by atoms with Crippen LogP contribution in [0.25, 0.3) is 43.8 Å². The van der Waals surface area contributed by atoms with Crippen molar-refractivity contribution in [2.75, 3.05) is 0 Å². The van der Waals surface area contributed by atoms with Crippen molar-refractivity contribution in [3.63, 3.8) is 0 Å². The van der Waals surface area contributed by atoms with E-state index < -0.39 is 0 Å². The van der Waals surface area contributed by atoms with Crippen LogP contribution in [-0.2, 0) is 0 Å². The van der Waals surface area contributed by atoms with Gasteiger partial charge in [0, 0.05) is 34.7 Å². The Labute approximate surface area is 156 Å². The number of aromatic nitrogens is 3. The molecule has 0 radical (unpaired) electrons. The Morgan fingerprint density at radius 1 is 0.520 bits per heavy atom. The van der Waals surface area contributed by atoms with Crippen LogP contribution in [0, 0.1) is 0 Å². The maximum absolute atomic E-state index is 4.60. The van der Waals surface area contributed by atoms with Crippen LogP contribution < -0.4 is 0 Å². The SMILES string of the molecule is [LiH].c1cnc2c(c1)ccc1c(-c3cccc4ncccc34)ccnc12. The molecular weight excluding hydrogens is 301 g/mol. The molecule has 0 spiro atoms. The average molecular weight is 315 g/mol. The minimum absolute atomic E-state index is 0. The quantitative estimate of drug-likeness (QED) is 0.341. The van der Waals surface area contributed by atoms with E-state index in [1.807, 2.05) is 36.8 Å². The molecule has 2 aromatic carbocycles. The standard InChI is InChI=1S/C21H13N3.Li.H/c1-5-15(17-6-3-11-22-19(17)7-1)16-10-13-24-21-18(16)9-8-14-4-2-12-23-20(14)21;;/h1-13H;;. The van der Waals surface area contributed by atoms with Crippen LogP contribution in [0.2, 0.25) is 0 Å². The Hall–Kier alpha value is -2.73. The van der Waals surface area contributed by atoms with Crippen LogP contribution >= 0.6 is 0 Å². The molecule has 5 rings (SSSR count). The third kappa shape index (κ3) is 2.49. The van der Waals surface area contributed by atoms with Crippen molar-refractivity contribution in [3.8, 4) is 11.1 Å². The number of fused-ring (bicyclic) bond motifs is 4. The monoisotopic (exact) mass is 315 g/mol. The number of benzene rings is 2. The van der Waals surface area contributed by atoms with Crippen LogP contribution in [0.5, 0.6) is 0 Å². The molecule has 0 saturated heterocycles. The van der Waals surface area contributed by atoms with Gasteiger partial charge in [-0.05, 0) is 35.4 Å². The molecule has 0 N–H and O–H groups in total. The molecule has 3 nitrogen and oxygen atoms in total. The maximum atomic E-state index is 4.60. The molecule has 0 bridgehead atoms. The molecule has 25 heavy (non-hydrogen) atoms. The smallest absolute Gasteiger partial charge is 0.0970 e. The third-order valence-corrected chi connectivity index (χ3v) is 4.42. The Bertz CT molecular complexity index is 1210. The van der Waals surface area contributed by atoms with Crippen molar-refractivity contribution < 1.29 is 0 Å². The van der Waals surface area contributed by atoms with Gasteiger partial charge in [-0.3, -0.25) is 15.0 Å². The van der Waals surface area contributed by atoms with Gasteiger partial charge in [-0.25, -0.2) is 0 Å². The van der Waals surface area contributed by atoms with Crippen LogP contribution in [0.3, 0.4) is 0 Å². The van der Waals surface area contributed by atoms with Gasteiger partial charge in [0.2, 0.25) is 0 Å². The molecule has 3 heterocycles. The third-order valence-electron chi connectivity index (χ3n) is 4.42. The van der Waals surface area contributed by atoms with Crippen molar-refractivity contribution in [1.82, 2.24) is 15.0 Å². The van der Waals surface area contributed by atoms with Crippen molar-refractivity contribution in [3.05, 3.63) is 79.3 Å². The maximum Gasteiger partial charge on any atom is 0.0970 e. The van der Waals surface area contributed by atoms with Gasteiger partial charge in [0.1, 0.15) is 0 Å². The summed E-state index contributed by atoms with van der Waals surface area (Å²) < 4.78 is 0. The summed E-state index contributed by atoms with van der Waals surface area (Å²) in [5.74, 6) is 0. The Morgan fingerprint density at radius 3 is 2.28 bits per heavy atom. The van der Waals surface area contributed by atoms with E-state index in [1.54, 1.807) is 0 Å². The predicted molar refractivity (Wildman–Crippen MR) is 105 cm³/mol. The molecule has 0 aliphatic heterocycles. The average Bonchev–Trinajstić information content (AvgIpc) is 2.67. The summed E-state index contributed by atoms with van der Waals surface area (Å²) in [5, 5.41) is 3.36. The first-order valence-corrected chi connectivity index (χ1v) is 7.88. The number of hydrogen-bond donors (Lipinski definition) is 0. The predicted octanol–water partition coefficient (Wildman–Crippen LogP) is 4.35. The molecule has 0 aliphatic carbocycles. The first-order chi connectivity index (χ1) is 11.9. The van der Waals surface area contributed by atoms with Crippen molar-refractivity contribution in [2.45, 2.75) is 0 Å². The molecule has 0 saturated carbocycles.